The van der Waals surface area contributed by atoms with Crippen LogP contribution in [0, 0.1) is 23.3 Å². The lowest BCUT2D eigenvalue weighted by atomic mass is 9.74. The number of hydrogen-bond acceptors (Lipinski definition) is 21. The predicted octanol–water partition coefficient (Wildman–Crippen LogP) is 7.69. The molecular weight excluding hydrogens is 1420 g/mol. The van der Waals surface area contributed by atoms with E-state index in [1.54, 1.807) is 65.9 Å². The second-order valence-corrected chi connectivity index (χ2v) is 31.0. The molecular formula is C60H68F4N2O25S6. The van der Waals surface area contributed by atoms with Crippen LogP contribution in [0.2, 0.25) is 0 Å². The molecule has 5 N–H and O–H groups in total. The lowest BCUT2D eigenvalue weighted by molar-refractivity contribution is -0.441. The number of esters is 1. The fraction of sp³-hybridized carbons (Fsp3) is 0.400. The van der Waals surface area contributed by atoms with Gasteiger partial charge in [0.05, 0.1) is 60.6 Å². The number of rotatable bonds is 35. The number of carbonyl (C=O) groups excluding carboxylic acids is 1. The third-order valence-corrected chi connectivity index (χ3v) is 21.1. The van der Waals surface area contributed by atoms with E-state index in [4.69, 9.17) is 23.7 Å². The number of carbonyl (C=O) groups is 1. The van der Waals surface area contributed by atoms with Gasteiger partial charge in [-0.25, -0.2) is 17.2 Å². The standard InChI is InChI=1S/C60H68F4N2O25S6/c1-59(21-13-33-92(68,69)70)48(66(24-26-86-3)45-20-18-40-42(51(45)59)34-38(93(71,72)73)36-46(40)95(77,78)79)14-9-6-5-7-10-15-49-60(2,22-25-88-29-30-90-32-31-89-28-27-87-4)52-43-35-39(94(74,75)76)37-47(96(80,81)82)41(43)17-19-44(52)65(49)23-12-8-11-16-50(67)91-57-53(61)55(63)58(97(83,84)85)56(64)54(57)62/h5-7,9-10,14-15,17-20,34-37H,8,11-13,16,21-33H2,1-4H3,(H5-,68,69,70,71,72,73,74,75,76,77,78,79,80,81,82,83,84,85). The molecule has 0 bridgehead atoms. The van der Waals surface area contributed by atoms with Crippen molar-refractivity contribution in [1.29, 1.82) is 0 Å². The van der Waals surface area contributed by atoms with E-state index >= 15 is 0 Å². The summed E-state index contributed by atoms with van der Waals surface area (Å²) >= 11 is 0. The fourth-order valence-corrected chi connectivity index (χ4v) is 15.5. The Morgan fingerprint density at radius 2 is 1.08 bits per heavy atom. The van der Waals surface area contributed by atoms with E-state index in [0.29, 0.717) is 48.1 Å². The molecule has 37 heteroatoms. The largest absolute Gasteiger partial charge is 0.744 e. The van der Waals surface area contributed by atoms with Crippen LogP contribution in [0.15, 0.2) is 121 Å². The normalized spacial score (nSPS) is 17.8. The predicted molar refractivity (Wildman–Crippen MR) is 339 cm³/mol. The highest BCUT2D eigenvalue weighted by Crippen LogP contribution is 2.54. The molecule has 5 aromatic rings. The maximum Gasteiger partial charge on any atom is 0.311 e. The van der Waals surface area contributed by atoms with Gasteiger partial charge < -0.3 is 37.9 Å². The molecule has 0 radical (unpaired) electrons. The topological polar surface area (TPSA) is 408 Å². The molecule has 2 aliphatic rings. The van der Waals surface area contributed by atoms with Crippen LogP contribution >= 0.6 is 0 Å². The van der Waals surface area contributed by atoms with E-state index in [1.165, 1.54) is 38.5 Å². The molecule has 0 spiro atoms. The van der Waals surface area contributed by atoms with Crippen LogP contribution in [0.4, 0.5) is 28.9 Å². The van der Waals surface area contributed by atoms with Gasteiger partial charge in [-0.05, 0) is 105 Å². The minimum absolute atomic E-state index is 0.0175. The smallest absolute Gasteiger partial charge is 0.311 e. The van der Waals surface area contributed by atoms with E-state index in [2.05, 4.69) is 4.74 Å². The van der Waals surface area contributed by atoms with Gasteiger partial charge in [0, 0.05) is 79.1 Å². The second kappa shape index (κ2) is 31.4. The van der Waals surface area contributed by atoms with E-state index in [0.717, 1.165) is 12.1 Å². The van der Waals surface area contributed by atoms with Crippen molar-refractivity contribution in [2.24, 2.45) is 0 Å². The van der Waals surface area contributed by atoms with E-state index in [-0.39, 0.29) is 124 Å². The molecule has 2 unspecified atom stereocenters. The van der Waals surface area contributed by atoms with Crippen molar-refractivity contribution in [1.82, 2.24) is 0 Å². The Balaban J connectivity index is 1.29. The van der Waals surface area contributed by atoms with Crippen LogP contribution in [-0.2, 0) is 100 Å². The van der Waals surface area contributed by atoms with Crippen molar-refractivity contribution in [2.45, 2.75) is 94.1 Å². The molecule has 2 atom stereocenters. The minimum atomic E-state index is -6.08. The van der Waals surface area contributed by atoms with Gasteiger partial charge >= 0.3 is 5.97 Å². The van der Waals surface area contributed by atoms with Gasteiger partial charge in [0.2, 0.25) is 23.1 Å². The van der Waals surface area contributed by atoms with Gasteiger partial charge in [-0.3, -0.25) is 27.6 Å². The summed E-state index contributed by atoms with van der Waals surface area (Å²) in [5.41, 5.74) is -0.581. The van der Waals surface area contributed by atoms with Crippen molar-refractivity contribution >= 4 is 105 Å². The minimum Gasteiger partial charge on any atom is -0.744 e. The highest BCUT2D eigenvalue weighted by molar-refractivity contribution is 7.87. The maximum absolute atomic E-state index is 14.8. The molecule has 0 fully saturated rings. The van der Waals surface area contributed by atoms with Crippen LogP contribution in [-0.4, -0.2) is 180 Å². The highest BCUT2D eigenvalue weighted by atomic mass is 32.2. The molecule has 2 heterocycles. The molecule has 0 amide bonds. The summed E-state index contributed by atoms with van der Waals surface area (Å²) in [6.45, 7) is 4.85. The first-order chi connectivity index (χ1) is 45.2. The summed E-state index contributed by atoms with van der Waals surface area (Å²) in [6.07, 6.45) is 10.4. The van der Waals surface area contributed by atoms with E-state index in [1.807, 2.05) is 0 Å². The zero-order valence-electron chi connectivity index (χ0n) is 52.1. The van der Waals surface area contributed by atoms with Crippen molar-refractivity contribution in [3.05, 3.63) is 131 Å². The Kier molecular flexibility index (Phi) is 25.2. The molecule has 0 saturated carbocycles. The van der Waals surface area contributed by atoms with Gasteiger partial charge in [0.25, 0.3) is 50.6 Å². The van der Waals surface area contributed by atoms with Crippen LogP contribution in [0.5, 0.6) is 5.75 Å². The van der Waals surface area contributed by atoms with Crippen molar-refractivity contribution < 1.29 is 133 Å². The number of nitrogens with zero attached hydrogens (tertiary/aromatic N) is 2. The van der Waals surface area contributed by atoms with Gasteiger partial charge in [-0.15, -0.1) is 0 Å². The summed E-state index contributed by atoms with van der Waals surface area (Å²) in [6, 6.07) is 8.83. The summed E-state index contributed by atoms with van der Waals surface area (Å²) in [5, 5.41) is -0.428. The summed E-state index contributed by atoms with van der Waals surface area (Å²) < 4.78 is 304. The lowest BCUT2D eigenvalue weighted by Gasteiger charge is -2.31. The van der Waals surface area contributed by atoms with Crippen LogP contribution < -0.4 is 9.64 Å². The molecule has 97 heavy (non-hydrogen) atoms. The maximum atomic E-state index is 14.8. The number of benzene rings is 5. The molecule has 27 nitrogen and oxygen atoms in total. The zero-order chi connectivity index (χ0) is 71.9. The first-order valence-corrected chi connectivity index (χ1v) is 38.0. The number of anilines is 1. The molecule has 2 aliphatic heterocycles. The van der Waals surface area contributed by atoms with Crippen LogP contribution in [0.1, 0.15) is 69.9 Å². The second-order valence-electron chi connectivity index (χ2n) is 22.5. The van der Waals surface area contributed by atoms with Crippen molar-refractivity contribution in [2.75, 3.05) is 90.8 Å². The first-order valence-electron chi connectivity index (χ1n) is 29.2. The summed E-state index contributed by atoms with van der Waals surface area (Å²) in [5.74, 6) is -14.3. The molecule has 0 aliphatic carbocycles. The van der Waals surface area contributed by atoms with E-state index in [9.17, 15) is 100 Å². The number of unbranched alkanes of at least 4 members (excludes halogenated alkanes) is 2. The Morgan fingerprint density at radius 1 is 0.567 bits per heavy atom. The number of allylic oxidation sites excluding steroid dienone is 8. The first kappa shape index (κ1) is 77.8. The third kappa shape index (κ3) is 18.3. The summed E-state index contributed by atoms with van der Waals surface area (Å²) in [7, 11) is -28.4. The SMILES string of the molecule is COCCOCCOCCOCCC1(C)\C(=C/C=C/C=C/C=C/C2=[N+](CCOC)c3ccc4c(S(=O)(=O)O)cc(S(=O)(=O)O)cc4c3C2(C)CCCS(=O)(=O)O)N(CCCCCC(=O)Oc2c(F)c(F)c(S(=O)(=O)[O-])c(F)c2F)c2ccc3c(S(=O)(=O)O)cc(S(=O)(=O)O)cc3c21. The Bertz CT molecular complexity index is 4730. The zero-order valence-corrected chi connectivity index (χ0v) is 57.0. The summed E-state index contributed by atoms with van der Waals surface area (Å²) in [4.78, 5) is 8.63. The Hall–Kier alpha value is -6.50. The quantitative estimate of drug-likeness (QED) is 0.00379. The molecule has 5 aromatic carbocycles. The van der Waals surface area contributed by atoms with Gasteiger partial charge in [0.1, 0.15) is 31.4 Å². The Morgan fingerprint density at radius 3 is 1.61 bits per heavy atom. The monoisotopic (exact) mass is 1480 g/mol. The Labute approximate surface area is 557 Å². The van der Waals surface area contributed by atoms with Crippen molar-refractivity contribution in [3.8, 4) is 5.75 Å². The number of ether oxygens (including phenoxy) is 6. The van der Waals surface area contributed by atoms with Crippen LogP contribution in [0.25, 0.3) is 21.5 Å². The van der Waals surface area contributed by atoms with E-state index < -0.39 is 143 Å². The molecule has 532 valence electrons. The lowest BCUT2D eigenvalue weighted by Crippen LogP contribution is -2.32. The average Bonchev–Trinajstić information content (AvgIpc) is 1.43. The van der Waals surface area contributed by atoms with Gasteiger partial charge in [-0.1, -0.05) is 42.9 Å². The number of halogens is 4. The third-order valence-electron chi connectivity index (χ3n) is 16.0. The average molecular weight is 1490 g/mol. The number of hydrogen-bond donors (Lipinski definition) is 5. The number of methoxy groups -OCH3 is 2. The van der Waals surface area contributed by atoms with Crippen LogP contribution in [0.3, 0.4) is 0 Å². The van der Waals surface area contributed by atoms with Gasteiger partial charge in [0.15, 0.2) is 23.9 Å². The fourth-order valence-electron chi connectivity index (χ4n) is 11.7. The number of fused-ring (bicyclic) bond motifs is 6. The molecule has 0 saturated heterocycles. The highest BCUT2D eigenvalue weighted by Gasteiger charge is 2.50. The van der Waals surface area contributed by atoms with Crippen molar-refractivity contribution in [3.63, 3.8) is 0 Å². The van der Waals surface area contributed by atoms with Gasteiger partial charge in [-0.2, -0.15) is 55.4 Å². The molecule has 0 aromatic heterocycles. The molecule has 7 rings (SSSR count).